The average molecular weight is 461 g/mol. The van der Waals surface area contributed by atoms with E-state index in [9.17, 15) is 9.59 Å². The van der Waals surface area contributed by atoms with Crippen molar-refractivity contribution in [1.82, 2.24) is 19.9 Å². The van der Waals surface area contributed by atoms with Gasteiger partial charge in [0.25, 0.3) is 5.91 Å². The number of rotatable bonds is 8. The molecule has 1 aliphatic heterocycles. The van der Waals surface area contributed by atoms with Gasteiger partial charge in [0, 0.05) is 48.4 Å². The Kier molecular flexibility index (Phi) is 6.48. The molecule has 0 radical (unpaired) electrons. The number of hydrogen-bond acceptors (Lipinski definition) is 5. The molecule has 4 aromatic rings. The lowest BCUT2D eigenvalue weighted by Gasteiger charge is -2.32. The highest BCUT2D eigenvalue weighted by molar-refractivity contribution is 7.16. The van der Waals surface area contributed by atoms with E-state index in [-0.39, 0.29) is 11.7 Å². The minimum absolute atomic E-state index is 0.134. The number of nitrogens with one attached hydrogen (secondary N) is 1. The molecule has 170 valence electrons. The average Bonchev–Trinajstić information content (AvgIpc) is 3.50. The van der Waals surface area contributed by atoms with Gasteiger partial charge in [0.05, 0.1) is 21.4 Å². The van der Waals surface area contributed by atoms with Gasteiger partial charge < -0.3 is 9.88 Å². The maximum Gasteiger partial charge on any atom is 0.253 e. The molecule has 0 bridgehead atoms. The van der Waals surface area contributed by atoms with Crippen molar-refractivity contribution in [2.45, 2.75) is 44.9 Å². The van der Waals surface area contributed by atoms with Gasteiger partial charge >= 0.3 is 0 Å². The minimum Gasteiger partial charge on any atom is -0.352 e. The van der Waals surface area contributed by atoms with E-state index in [1.54, 1.807) is 23.7 Å². The van der Waals surface area contributed by atoms with Gasteiger partial charge in [0.1, 0.15) is 0 Å². The third-order valence-corrected chi connectivity index (χ3v) is 7.51. The van der Waals surface area contributed by atoms with Crippen LogP contribution in [0.15, 0.2) is 48.2 Å². The molecule has 0 unspecified atom stereocenters. The molecule has 6 nitrogen and oxygen atoms in total. The van der Waals surface area contributed by atoms with Crippen LogP contribution >= 0.6 is 11.3 Å². The Hall–Kier alpha value is -3.06. The number of Topliss-reactive ketones (excluding diaryl/α,β-unsaturated/α-hetero) is 1. The maximum absolute atomic E-state index is 12.9. The van der Waals surface area contributed by atoms with Crippen molar-refractivity contribution in [2.24, 2.45) is 5.92 Å². The summed E-state index contributed by atoms with van der Waals surface area (Å²) < 4.78 is 1.07. The number of nitrogens with zero attached hydrogens (tertiary/aromatic N) is 3. The van der Waals surface area contributed by atoms with Gasteiger partial charge in [-0.1, -0.05) is 19.3 Å². The van der Waals surface area contributed by atoms with Gasteiger partial charge in [-0.25, -0.2) is 4.98 Å². The van der Waals surface area contributed by atoms with Gasteiger partial charge in [-0.3, -0.25) is 14.6 Å². The number of carbonyl (C=O) groups excluding carboxylic acids is 2. The molecule has 0 aliphatic carbocycles. The second-order valence-electron chi connectivity index (χ2n) is 8.94. The number of amides is 1. The predicted molar refractivity (Wildman–Crippen MR) is 132 cm³/mol. The third-order valence-electron chi connectivity index (χ3n) is 6.72. The fourth-order valence-electron chi connectivity index (χ4n) is 4.75. The molecule has 1 amide bonds. The number of aromatic amines is 1. The summed E-state index contributed by atoms with van der Waals surface area (Å²) in [5, 5.41) is 0.981. The second kappa shape index (κ2) is 9.83. The Labute approximate surface area is 197 Å². The van der Waals surface area contributed by atoms with E-state index in [2.05, 4.69) is 15.0 Å². The number of benzene rings is 1. The lowest BCUT2D eigenvalue weighted by molar-refractivity contribution is 0.0686. The van der Waals surface area contributed by atoms with Crippen LogP contribution in [0.4, 0.5) is 0 Å². The SMILES string of the molecule is O=C(CCCCCC1CCN(C(=O)c2ccc3ncsc3c2)CC1)c1cc2cnccc2[nH]1. The third kappa shape index (κ3) is 4.98. The zero-order chi connectivity index (χ0) is 22.6. The number of pyridine rings is 1. The van der Waals surface area contributed by atoms with Crippen LogP contribution in [0.25, 0.3) is 21.1 Å². The molecule has 3 aromatic heterocycles. The van der Waals surface area contributed by atoms with E-state index in [1.807, 2.05) is 40.7 Å². The summed E-state index contributed by atoms with van der Waals surface area (Å²) in [7, 11) is 0. The van der Waals surface area contributed by atoms with Gasteiger partial charge in [0.2, 0.25) is 0 Å². The minimum atomic E-state index is 0.134. The Morgan fingerprint density at radius 2 is 1.97 bits per heavy atom. The number of aromatic nitrogens is 3. The van der Waals surface area contributed by atoms with Crippen LogP contribution in [0.5, 0.6) is 0 Å². The first-order valence-corrected chi connectivity index (χ1v) is 12.6. The van der Waals surface area contributed by atoms with Crippen LogP contribution in [0.3, 0.4) is 0 Å². The van der Waals surface area contributed by atoms with Crippen molar-refractivity contribution >= 4 is 44.1 Å². The summed E-state index contributed by atoms with van der Waals surface area (Å²) in [5.74, 6) is 0.986. The number of piperidine rings is 1. The van der Waals surface area contributed by atoms with Crippen molar-refractivity contribution in [2.75, 3.05) is 13.1 Å². The summed E-state index contributed by atoms with van der Waals surface area (Å²) in [6.07, 6.45) is 10.5. The van der Waals surface area contributed by atoms with Crippen LogP contribution in [0.1, 0.15) is 65.8 Å². The van der Waals surface area contributed by atoms with Crippen molar-refractivity contribution < 1.29 is 9.59 Å². The van der Waals surface area contributed by atoms with Gasteiger partial charge in [-0.15, -0.1) is 11.3 Å². The summed E-state index contributed by atoms with van der Waals surface area (Å²) in [5.41, 5.74) is 5.18. The number of hydrogen-bond donors (Lipinski definition) is 1. The van der Waals surface area contributed by atoms with Crippen LogP contribution in [0, 0.1) is 5.92 Å². The van der Waals surface area contributed by atoms with Crippen LogP contribution in [-0.2, 0) is 0 Å². The Morgan fingerprint density at radius 3 is 2.82 bits per heavy atom. The van der Waals surface area contributed by atoms with E-state index in [0.29, 0.717) is 18.0 Å². The highest BCUT2D eigenvalue weighted by atomic mass is 32.1. The highest BCUT2D eigenvalue weighted by Gasteiger charge is 2.23. The first-order valence-electron chi connectivity index (χ1n) is 11.8. The number of likely N-dealkylation sites (tertiary alicyclic amines) is 1. The molecule has 0 atom stereocenters. The monoisotopic (exact) mass is 460 g/mol. The number of ketones is 1. The molecule has 0 spiro atoms. The first-order chi connectivity index (χ1) is 16.2. The lowest BCUT2D eigenvalue weighted by atomic mass is 9.90. The molecule has 1 N–H and O–H groups in total. The predicted octanol–water partition coefficient (Wildman–Crippen LogP) is 5.86. The number of fused-ring (bicyclic) bond motifs is 2. The number of carbonyl (C=O) groups is 2. The quantitative estimate of drug-likeness (QED) is 0.264. The van der Waals surface area contributed by atoms with Crippen molar-refractivity contribution in [3.05, 3.63) is 59.5 Å². The van der Waals surface area contributed by atoms with Gasteiger partial charge in [0.15, 0.2) is 5.78 Å². The molecule has 7 heteroatoms. The fourth-order valence-corrected chi connectivity index (χ4v) is 5.46. The molecule has 0 saturated carbocycles. The smallest absolute Gasteiger partial charge is 0.253 e. The van der Waals surface area contributed by atoms with Gasteiger partial charge in [-0.05, 0) is 55.5 Å². The van der Waals surface area contributed by atoms with E-state index >= 15 is 0 Å². The Bertz CT molecular complexity index is 1240. The molecule has 1 saturated heterocycles. The van der Waals surface area contributed by atoms with Crippen LogP contribution in [0.2, 0.25) is 0 Å². The second-order valence-corrected chi connectivity index (χ2v) is 9.83. The lowest BCUT2D eigenvalue weighted by Crippen LogP contribution is -2.38. The van der Waals surface area contributed by atoms with Crippen molar-refractivity contribution in [3.8, 4) is 0 Å². The first kappa shape index (κ1) is 21.8. The molecular weight excluding hydrogens is 432 g/mol. The molecular formula is C26H28N4O2S. The number of thiazole rings is 1. The molecule has 33 heavy (non-hydrogen) atoms. The van der Waals surface area contributed by atoms with Crippen molar-refractivity contribution in [1.29, 1.82) is 0 Å². The summed E-state index contributed by atoms with van der Waals surface area (Å²) in [4.78, 5) is 38.9. The topological polar surface area (TPSA) is 79.0 Å². The number of H-pyrrole nitrogens is 1. The maximum atomic E-state index is 12.9. The van der Waals surface area contributed by atoms with Crippen LogP contribution < -0.4 is 0 Å². The molecule has 1 aliphatic rings. The summed E-state index contributed by atoms with van der Waals surface area (Å²) >= 11 is 1.57. The summed E-state index contributed by atoms with van der Waals surface area (Å²) in [6, 6.07) is 9.59. The molecule has 5 rings (SSSR count). The largest absolute Gasteiger partial charge is 0.352 e. The van der Waals surface area contributed by atoms with Crippen LogP contribution in [-0.4, -0.2) is 44.6 Å². The fraction of sp³-hybridized carbons (Fsp3) is 0.385. The summed E-state index contributed by atoms with van der Waals surface area (Å²) in [6.45, 7) is 1.66. The van der Waals surface area contributed by atoms with Gasteiger partial charge in [-0.2, -0.15) is 0 Å². The van der Waals surface area contributed by atoms with E-state index in [4.69, 9.17) is 0 Å². The molecule has 1 aromatic carbocycles. The zero-order valence-corrected chi connectivity index (χ0v) is 19.4. The van der Waals surface area contributed by atoms with E-state index in [1.165, 1.54) is 6.42 Å². The highest BCUT2D eigenvalue weighted by Crippen LogP contribution is 2.26. The van der Waals surface area contributed by atoms with E-state index in [0.717, 1.165) is 71.9 Å². The zero-order valence-electron chi connectivity index (χ0n) is 18.6. The Morgan fingerprint density at radius 1 is 1.09 bits per heavy atom. The standard InChI is InChI=1S/C26H28N4O2S/c31-24(23-14-20-16-27-11-8-21(20)29-23)5-3-1-2-4-18-9-12-30(13-10-18)26(32)19-6-7-22-25(15-19)33-17-28-22/h6-8,11,14-18,29H,1-5,9-10,12-13H2. The number of unbranched alkanes of at least 4 members (excludes halogenated alkanes) is 2. The Balaban J connectivity index is 1.01. The molecule has 1 fully saturated rings. The van der Waals surface area contributed by atoms with E-state index < -0.39 is 0 Å². The normalized spacial score (nSPS) is 14.8. The molecule has 4 heterocycles. The van der Waals surface area contributed by atoms with Crippen molar-refractivity contribution in [3.63, 3.8) is 0 Å².